The minimum Gasteiger partial charge on any atom is -0.493 e. The lowest BCUT2D eigenvalue weighted by molar-refractivity contribution is -0.115. The van der Waals surface area contributed by atoms with Crippen LogP contribution in [-0.4, -0.2) is 40.1 Å². The molecular weight excluding hydrogens is 392 g/mol. The number of aryl methyl sites for hydroxylation is 1. The van der Waals surface area contributed by atoms with Crippen LogP contribution in [0.5, 0.6) is 11.5 Å². The smallest absolute Gasteiger partial charge is 0.237 e. The molecule has 0 aliphatic heterocycles. The quantitative estimate of drug-likeness (QED) is 0.555. The Morgan fingerprint density at radius 3 is 2.62 bits per heavy atom. The minimum atomic E-state index is -0.379. The molecule has 0 radical (unpaired) electrons. The van der Waals surface area contributed by atoms with Crippen molar-refractivity contribution in [3.63, 3.8) is 0 Å². The maximum absolute atomic E-state index is 12.7. The number of nitrogens with one attached hydrogen (secondary N) is 1. The van der Waals surface area contributed by atoms with Crippen molar-refractivity contribution < 1.29 is 18.7 Å². The van der Waals surface area contributed by atoms with Crippen LogP contribution < -0.4 is 14.8 Å². The van der Waals surface area contributed by atoms with Crippen LogP contribution >= 0.6 is 11.8 Å². The van der Waals surface area contributed by atoms with Gasteiger partial charge < -0.3 is 23.8 Å². The second kappa shape index (κ2) is 9.04. The maximum Gasteiger partial charge on any atom is 0.237 e. The number of amides is 1. The zero-order valence-corrected chi connectivity index (χ0v) is 17.9. The normalized spacial score (nSPS) is 11.9. The summed E-state index contributed by atoms with van der Waals surface area (Å²) in [4.78, 5) is 12.7. The molecule has 3 rings (SSSR count). The van der Waals surface area contributed by atoms with Crippen LogP contribution in [0.4, 0.5) is 5.69 Å². The zero-order chi connectivity index (χ0) is 21.0. The van der Waals surface area contributed by atoms with Gasteiger partial charge in [-0.15, -0.1) is 10.2 Å². The van der Waals surface area contributed by atoms with Crippen molar-refractivity contribution >= 4 is 23.4 Å². The summed E-state index contributed by atoms with van der Waals surface area (Å²) in [6.07, 6.45) is 1.63. The van der Waals surface area contributed by atoms with Crippen LogP contribution in [0.15, 0.2) is 40.1 Å². The molecule has 3 aromatic rings. The topological polar surface area (TPSA) is 91.4 Å². The number of nitrogens with zero attached hydrogens (tertiary/aromatic N) is 3. The van der Waals surface area contributed by atoms with Crippen LogP contribution in [0.2, 0.25) is 0 Å². The molecule has 154 valence electrons. The van der Waals surface area contributed by atoms with Crippen LogP contribution in [0.25, 0.3) is 11.4 Å². The molecule has 9 heteroatoms. The summed E-state index contributed by atoms with van der Waals surface area (Å²) in [6.45, 7) is 6.41. The fourth-order valence-electron chi connectivity index (χ4n) is 2.85. The van der Waals surface area contributed by atoms with E-state index in [2.05, 4.69) is 15.5 Å². The third-order valence-electron chi connectivity index (χ3n) is 4.44. The van der Waals surface area contributed by atoms with E-state index < -0.39 is 0 Å². The number of carbonyl (C=O) groups excluding carboxylic acids is 1. The highest BCUT2D eigenvalue weighted by Crippen LogP contribution is 2.31. The lowest BCUT2D eigenvalue weighted by Gasteiger charge is -2.14. The molecule has 0 bridgehead atoms. The molecule has 1 amide bonds. The lowest BCUT2D eigenvalue weighted by Crippen LogP contribution is -2.23. The monoisotopic (exact) mass is 416 g/mol. The SMILES string of the molecule is CCn1c(S[C@H](C)C(=O)Nc2ccc(OC)c(OC)c2)nnc1-c1ccoc1C. The molecule has 0 fully saturated rings. The summed E-state index contributed by atoms with van der Waals surface area (Å²) >= 11 is 1.35. The fraction of sp³-hybridized carbons (Fsp3) is 0.350. The Labute approximate surface area is 173 Å². The predicted octanol–water partition coefficient (Wildman–Crippen LogP) is 4.00. The molecule has 1 atom stereocenters. The van der Waals surface area contributed by atoms with E-state index in [1.165, 1.54) is 11.8 Å². The molecule has 0 aliphatic rings. The molecule has 2 heterocycles. The first-order valence-electron chi connectivity index (χ1n) is 9.15. The number of carbonyl (C=O) groups is 1. The molecule has 0 saturated carbocycles. The van der Waals surface area contributed by atoms with E-state index in [4.69, 9.17) is 13.9 Å². The summed E-state index contributed by atoms with van der Waals surface area (Å²) < 4.78 is 17.9. The van der Waals surface area contributed by atoms with Gasteiger partial charge in [0.15, 0.2) is 22.5 Å². The van der Waals surface area contributed by atoms with Crippen LogP contribution in [0.3, 0.4) is 0 Å². The third-order valence-corrected chi connectivity index (χ3v) is 5.52. The Kier molecular flexibility index (Phi) is 6.48. The van der Waals surface area contributed by atoms with Crippen molar-refractivity contribution in [2.45, 2.75) is 37.7 Å². The Morgan fingerprint density at radius 2 is 2.00 bits per heavy atom. The number of aromatic nitrogens is 3. The largest absolute Gasteiger partial charge is 0.493 e. The maximum atomic E-state index is 12.7. The summed E-state index contributed by atoms with van der Waals surface area (Å²) in [5.41, 5.74) is 1.53. The number of benzene rings is 1. The van der Waals surface area contributed by atoms with Gasteiger partial charge in [0.05, 0.1) is 31.3 Å². The molecule has 1 N–H and O–H groups in total. The summed E-state index contributed by atoms with van der Waals surface area (Å²) in [5, 5.41) is 11.8. The average molecular weight is 417 g/mol. The molecular formula is C20H24N4O4S. The minimum absolute atomic E-state index is 0.145. The van der Waals surface area contributed by atoms with Crippen LogP contribution in [-0.2, 0) is 11.3 Å². The number of hydrogen-bond acceptors (Lipinski definition) is 7. The van der Waals surface area contributed by atoms with Gasteiger partial charge in [-0.25, -0.2) is 0 Å². The third kappa shape index (κ3) is 4.40. The number of furan rings is 1. The second-order valence-corrected chi connectivity index (χ2v) is 7.57. The lowest BCUT2D eigenvalue weighted by atomic mass is 10.2. The number of methoxy groups -OCH3 is 2. The highest BCUT2D eigenvalue weighted by atomic mass is 32.2. The molecule has 0 unspecified atom stereocenters. The summed E-state index contributed by atoms with van der Waals surface area (Å²) in [6, 6.07) is 7.11. The zero-order valence-electron chi connectivity index (χ0n) is 17.1. The van der Waals surface area contributed by atoms with E-state index in [1.807, 2.05) is 31.4 Å². The molecule has 0 spiro atoms. The molecule has 29 heavy (non-hydrogen) atoms. The first kappa shape index (κ1) is 20.8. The molecule has 1 aromatic carbocycles. The summed E-state index contributed by atoms with van der Waals surface area (Å²) in [5.74, 6) is 2.52. The number of ether oxygens (including phenoxy) is 2. The standard InChI is InChI=1S/C20H24N4O4S/c1-6-24-18(15-9-10-28-12(15)2)22-23-20(24)29-13(3)19(25)21-14-7-8-16(26-4)17(11-14)27-5/h7-11,13H,6H2,1-5H3,(H,21,25)/t13-/m1/s1. The van der Waals surface area contributed by atoms with Crippen molar-refractivity contribution in [3.8, 4) is 22.9 Å². The van der Waals surface area contributed by atoms with Crippen molar-refractivity contribution in [2.24, 2.45) is 0 Å². The predicted molar refractivity (Wildman–Crippen MR) is 112 cm³/mol. The van der Waals surface area contributed by atoms with E-state index in [0.717, 1.165) is 17.1 Å². The van der Waals surface area contributed by atoms with Gasteiger partial charge in [0, 0.05) is 18.3 Å². The van der Waals surface area contributed by atoms with Crippen molar-refractivity contribution in [1.29, 1.82) is 0 Å². The van der Waals surface area contributed by atoms with Gasteiger partial charge >= 0.3 is 0 Å². The molecule has 8 nitrogen and oxygen atoms in total. The van der Waals surface area contributed by atoms with E-state index in [-0.39, 0.29) is 11.2 Å². The Balaban J connectivity index is 1.73. The van der Waals surface area contributed by atoms with Crippen LogP contribution in [0, 0.1) is 6.92 Å². The van der Waals surface area contributed by atoms with E-state index >= 15 is 0 Å². The Morgan fingerprint density at radius 1 is 1.24 bits per heavy atom. The fourth-order valence-corrected chi connectivity index (χ4v) is 3.76. The number of rotatable bonds is 8. The molecule has 0 aliphatic carbocycles. The molecule has 2 aromatic heterocycles. The van der Waals surface area contributed by atoms with Gasteiger partial charge in [-0.3, -0.25) is 4.79 Å². The van der Waals surface area contributed by atoms with Gasteiger partial charge in [0.1, 0.15) is 5.76 Å². The first-order valence-corrected chi connectivity index (χ1v) is 10.0. The van der Waals surface area contributed by atoms with Gasteiger partial charge in [0.25, 0.3) is 0 Å². The Hall–Kier alpha value is -2.94. The van der Waals surface area contributed by atoms with E-state index in [9.17, 15) is 4.79 Å². The van der Waals surface area contributed by atoms with Crippen molar-refractivity contribution in [1.82, 2.24) is 14.8 Å². The van der Waals surface area contributed by atoms with E-state index in [0.29, 0.717) is 28.9 Å². The van der Waals surface area contributed by atoms with Gasteiger partial charge in [-0.2, -0.15) is 0 Å². The van der Waals surface area contributed by atoms with Gasteiger partial charge in [0.2, 0.25) is 5.91 Å². The molecule has 0 saturated heterocycles. The highest BCUT2D eigenvalue weighted by Gasteiger charge is 2.22. The van der Waals surface area contributed by atoms with Crippen molar-refractivity contribution in [3.05, 3.63) is 36.3 Å². The second-order valence-electron chi connectivity index (χ2n) is 6.26. The highest BCUT2D eigenvalue weighted by molar-refractivity contribution is 8.00. The number of thioether (sulfide) groups is 1. The van der Waals surface area contributed by atoms with Gasteiger partial charge in [-0.05, 0) is 39.0 Å². The number of anilines is 1. The first-order chi connectivity index (χ1) is 14.0. The summed E-state index contributed by atoms with van der Waals surface area (Å²) in [7, 11) is 3.12. The van der Waals surface area contributed by atoms with Crippen LogP contribution in [0.1, 0.15) is 19.6 Å². The van der Waals surface area contributed by atoms with Gasteiger partial charge in [-0.1, -0.05) is 11.8 Å². The number of hydrogen-bond donors (Lipinski definition) is 1. The van der Waals surface area contributed by atoms with Crippen molar-refractivity contribution in [2.75, 3.05) is 19.5 Å². The average Bonchev–Trinajstić information content (AvgIpc) is 3.32. The van der Waals surface area contributed by atoms with E-state index in [1.54, 1.807) is 38.7 Å². The Bertz CT molecular complexity index is 998.